The molecule has 0 aromatic heterocycles. The van der Waals surface area contributed by atoms with Gasteiger partial charge in [0.05, 0.1) is 12.6 Å². The van der Waals surface area contributed by atoms with E-state index in [4.69, 9.17) is 16.7 Å². The van der Waals surface area contributed by atoms with Crippen molar-refractivity contribution in [2.75, 3.05) is 6.61 Å². The fourth-order valence-corrected chi connectivity index (χ4v) is 1.16. The van der Waals surface area contributed by atoms with Crippen LogP contribution in [0.3, 0.4) is 0 Å². The SMILES string of the molecule is O=CNC(CO)c1ccc(Cl)cc1. The molecular weight excluding hydrogens is 190 g/mol. The van der Waals surface area contributed by atoms with E-state index in [0.717, 1.165) is 5.56 Å². The average molecular weight is 200 g/mol. The Hall–Kier alpha value is -1.06. The maximum atomic E-state index is 10.2. The number of benzene rings is 1. The Labute approximate surface area is 81.3 Å². The number of aliphatic hydroxyl groups is 1. The van der Waals surface area contributed by atoms with Gasteiger partial charge >= 0.3 is 0 Å². The summed E-state index contributed by atoms with van der Waals surface area (Å²) in [4.78, 5) is 10.2. The Bertz CT molecular complexity index is 273. The molecule has 0 saturated heterocycles. The van der Waals surface area contributed by atoms with Gasteiger partial charge in [-0.3, -0.25) is 4.79 Å². The molecule has 0 fully saturated rings. The van der Waals surface area contributed by atoms with Crippen molar-refractivity contribution < 1.29 is 9.90 Å². The van der Waals surface area contributed by atoms with Gasteiger partial charge in [-0.05, 0) is 17.7 Å². The van der Waals surface area contributed by atoms with E-state index in [0.29, 0.717) is 11.4 Å². The van der Waals surface area contributed by atoms with Crippen molar-refractivity contribution in [3.63, 3.8) is 0 Å². The normalized spacial score (nSPS) is 12.2. The third kappa shape index (κ3) is 2.72. The standard InChI is InChI=1S/C9H10ClNO2/c10-8-3-1-7(2-4-8)9(5-12)11-6-13/h1-4,6,9,12H,5H2,(H,11,13). The van der Waals surface area contributed by atoms with E-state index in [1.54, 1.807) is 24.3 Å². The molecule has 0 heterocycles. The quantitative estimate of drug-likeness (QED) is 0.714. The molecule has 3 nitrogen and oxygen atoms in total. The van der Waals surface area contributed by atoms with Gasteiger partial charge in [0.2, 0.25) is 6.41 Å². The number of hydrogen-bond acceptors (Lipinski definition) is 2. The molecule has 13 heavy (non-hydrogen) atoms. The number of aliphatic hydroxyl groups excluding tert-OH is 1. The first-order valence-corrected chi connectivity index (χ1v) is 4.21. The molecule has 0 bridgehead atoms. The van der Waals surface area contributed by atoms with Crippen LogP contribution >= 0.6 is 11.6 Å². The zero-order valence-electron chi connectivity index (χ0n) is 6.90. The fourth-order valence-electron chi connectivity index (χ4n) is 1.03. The minimum Gasteiger partial charge on any atom is -0.394 e. The van der Waals surface area contributed by atoms with E-state index in [-0.39, 0.29) is 12.6 Å². The molecule has 1 atom stereocenters. The Morgan fingerprint density at radius 1 is 1.46 bits per heavy atom. The highest BCUT2D eigenvalue weighted by atomic mass is 35.5. The van der Waals surface area contributed by atoms with Crippen LogP contribution in [0.25, 0.3) is 0 Å². The summed E-state index contributed by atoms with van der Waals surface area (Å²) in [6, 6.07) is 6.60. The highest BCUT2D eigenvalue weighted by Gasteiger charge is 2.07. The first-order valence-electron chi connectivity index (χ1n) is 3.84. The van der Waals surface area contributed by atoms with Crippen LogP contribution in [0.15, 0.2) is 24.3 Å². The summed E-state index contributed by atoms with van der Waals surface area (Å²) in [5.74, 6) is 0. The number of amides is 1. The second-order valence-corrected chi connectivity index (χ2v) is 3.01. The van der Waals surface area contributed by atoms with Gasteiger partial charge in [0.15, 0.2) is 0 Å². The van der Waals surface area contributed by atoms with E-state index in [1.807, 2.05) is 0 Å². The van der Waals surface area contributed by atoms with Crippen molar-refractivity contribution in [1.82, 2.24) is 5.32 Å². The molecule has 0 aliphatic carbocycles. The summed E-state index contributed by atoms with van der Waals surface area (Å²) >= 11 is 5.68. The van der Waals surface area contributed by atoms with Crippen molar-refractivity contribution in [2.24, 2.45) is 0 Å². The monoisotopic (exact) mass is 199 g/mol. The summed E-state index contributed by atoms with van der Waals surface area (Å²) in [7, 11) is 0. The number of carbonyl (C=O) groups excluding carboxylic acids is 1. The number of rotatable bonds is 4. The molecular formula is C9H10ClNO2. The molecule has 1 unspecified atom stereocenters. The number of carbonyl (C=O) groups is 1. The summed E-state index contributed by atoms with van der Waals surface area (Å²) in [5, 5.41) is 12.1. The number of hydrogen-bond donors (Lipinski definition) is 2. The first kappa shape index (κ1) is 10.0. The Kier molecular flexibility index (Phi) is 3.73. The lowest BCUT2D eigenvalue weighted by molar-refractivity contribution is -0.110. The second-order valence-electron chi connectivity index (χ2n) is 2.57. The fraction of sp³-hybridized carbons (Fsp3) is 0.222. The van der Waals surface area contributed by atoms with Crippen molar-refractivity contribution >= 4 is 18.0 Å². The Morgan fingerprint density at radius 3 is 2.54 bits per heavy atom. The zero-order valence-corrected chi connectivity index (χ0v) is 7.66. The lowest BCUT2D eigenvalue weighted by Gasteiger charge is -2.12. The van der Waals surface area contributed by atoms with Gasteiger partial charge in [0, 0.05) is 5.02 Å². The molecule has 0 aliphatic rings. The molecule has 70 valence electrons. The van der Waals surface area contributed by atoms with Crippen LogP contribution in [0.4, 0.5) is 0 Å². The minimum atomic E-state index is -0.352. The van der Waals surface area contributed by atoms with Crippen molar-refractivity contribution in [1.29, 1.82) is 0 Å². The molecule has 0 saturated carbocycles. The van der Waals surface area contributed by atoms with E-state index >= 15 is 0 Å². The lowest BCUT2D eigenvalue weighted by atomic mass is 10.1. The van der Waals surface area contributed by atoms with Crippen LogP contribution in [-0.2, 0) is 4.79 Å². The highest BCUT2D eigenvalue weighted by Crippen LogP contribution is 2.15. The zero-order chi connectivity index (χ0) is 9.68. The maximum absolute atomic E-state index is 10.2. The third-order valence-electron chi connectivity index (χ3n) is 1.72. The van der Waals surface area contributed by atoms with Crippen LogP contribution in [0, 0.1) is 0 Å². The topological polar surface area (TPSA) is 49.3 Å². The summed E-state index contributed by atoms with van der Waals surface area (Å²) in [5.41, 5.74) is 0.832. The van der Waals surface area contributed by atoms with E-state index in [2.05, 4.69) is 5.32 Å². The van der Waals surface area contributed by atoms with Gasteiger partial charge in [0.25, 0.3) is 0 Å². The Morgan fingerprint density at radius 2 is 2.08 bits per heavy atom. The molecule has 1 aromatic carbocycles. The maximum Gasteiger partial charge on any atom is 0.207 e. The van der Waals surface area contributed by atoms with Crippen molar-refractivity contribution in [2.45, 2.75) is 6.04 Å². The predicted octanol–water partition coefficient (Wildman–Crippen LogP) is 1.12. The molecule has 0 aliphatic heterocycles. The van der Waals surface area contributed by atoms with Gasteiger partial charge in [-0.2, -0.15) is 0 Å². The van der Waals surface area contributed by atoms with Gasteiger partial charge in [-0.1, -0.05) is 23.7 Å². The summed E-state index contributed by atoms with van der Waals surface area (Å²) in [6.07, 6.45) is 0.565. The molecule has 1 amide bonds. The van der Waals surface area contributed by atoms with Gasteiger partial charge in [-0.25, -0.2) is 0 Å². The van der Waals surface area contributed by atoms with E-state index in [1.165, 1.54) is 0 Å². The molecule has 4 heteroatoms. The molecule has 1 aromatic rings. The van der Waals surface area contributed by atoms with Crippen LogP contribution in [0.1, 0.15) is 11.6 Å². The minimum absolute atomic E-state index is 0.125. The summed E-state index contributed by atoms with van der Waals surface area (Å²) < 4.78 is 0. The average Bonchev–Trinajstić information content (AvgIpc) is 2.16. The highest BCUT2D eigenvalue weighted by molar-refractivity contribution is 6.30. The van der Waals surface area contributed by atoms with E-state index in [9.17, 15) is 4.79 Å². The van der Waals surface area contributed by atoms with Gasteiger partial charge < -0.3 is 10.4 Å². The van der Waals surface area contributed by atoms with Crippen molar-refractivity contribution in [3.05, 3.63) is 34.9 Å². The largest absolute Gasteiger partial charge is 0.394 e. The molecule has 1 rings (SSSR count). The van der Waals surface area contributed by atoms with Crippen LogP contribution in [0.5, 0.6) is 0 Å². The molecule has 0 spiro atoms. The van der Waals surface area contributed by atoms with Crippen LogP contribution in [-0.4, -0.2) is 18.1 Å². The molecule has 2 N–H and O–H groups in total. The predicted molar refractivity (Wildman–Crippen MR) is 50.5 cm³/mol. The summed E-state index contributed by atoms with van der Waals surface area (Å²) in [6.45, 7) is -0.125. The van der Waals surface area contributed by atoms with Crippen LogP contribution in [0.2, 0.25) is 5.02 Å². The van der Waals surface area contributed by atoms with Crippen molar-refractivity contribution in [3.8, 4) is 0 Å². The smallest absolute Gasteiger partial charge is 0.207 e. The number of nitrogens with one attached hydrogen (secondary N) is 1. The Balaban J connectivity index is 2.78. The number of halogens is 1. The van der Waals surface area contributed by atoms with Gasteiger partial charge in [0.1, 0.15) is 0 Å². The van der Waals surface area contributed by atoms with Gasteiger partial charge in [-0.15, -0.1) is 0 Å². The second kappa shape index (κ2) is 4.84. The third-order valence-corrected chi connectivity index (χ3v) is 1.98. The van der Waals surface area contributed by atoms with E-state index < -0.39 is 0 Å². The molecule has 0 radical (unpaired) electrons. The lowest BCUT2D eigenvalue weighted by Crippen LogP contribution is -2.22. The van der Waals surface area contributed by atoms with Crippen LogP contribution < -0.4 is 5.32 Å². The first-order chi connectivity index (χ1) is 6.27.